The van der Waals surface area contributed by atoms with E-state index in [-0.39, 0.29) is 11.8 Å². The fourth-order valence-corrected chi connectivity index (χ4v) is 8.79. The van der Waals surface area contributed by atoms with Crippen molar-refractivity contribution in [3.8, 4) is 11.5 Å². The van der Waals surface area contributed by atoms with Crippen LogP contribution in [-0.4, -0.2) is 24.2 Å². The molecule has 0 heterocycles. The summed E-state index contributed by atoms with van der Waals surface area (Å²) in [5.74, 6) is 6.02. The average molecular weight is 524 g/mol. The number of phenols is 1. The summed E-state index contributed by atoms with van der Waals surface area (Å²) >= 11 is 0. The van der Waals surface area contributed by atoms with Crippen molar-refractivity contribution in [1.82, 2.24) is 5.32 Å². The Hall–Kier alpha value is -3.01. The Kier molecular flexibility index (Phi) is 6.74. The van der Waals surface area contributed by atoms with E-state index in [9.17, 15) is 9.90 Å². The summed E-state index contributed by atoms with van der Waals surface area (Å²) < 4.78 is 6.08. The van der Waals surface area contributed by atoms with E-state index in [0.717, 1.165) is 43.4 Å². The lowest BCUT2D eigenvalue weighted by Crippen LogP contribution is -2.40. The molecule has 4 nitrogen and oxygen atoms in total. The predicted octanol–water partition coefficient (Wildman–Crippen LogP) is 7.14. The van der Waals surface area contributed by atoms with Crippen molar-refractivity contribution in [3.05, 3.63) is 77.4 Å². The van der Waals surface area contributed by atoms with Crippen molar-refractivity contribution in [1.29, 1.82) is 0 Å². The van der Waals surface area contributed by atoms with Gasteiger partial charge in [-0.05, 0) is 134 Å². The maximum atomic E-state index is 12.5. The molecule has 8 rings (SSSR count). The summed E-state index contributed by atoms with van der Waals surface area (Å²) in [4.78, 5) is 12.5. The zero-order valence-electron chi connectivity index (χ0n) is 22.9. The van der Waals surface area contributed by atoms with E-state index < -0.39 is 0 Å². The van der Waals surface area contributed by atoms with Crippen LogP contribution in [0.15, 0.2) is 66.3 Å². The van der Waals surface area contributed by atoms with E-state index >= 15 is 0 Å². The third-order valence-electron chi connectivity index (χ3n) is 10.4. The van der Waals surface area contributed by atoms with Crippen LogP contribution in [0.25, 0.3) is 5.57 Å². The van der Waals surface area contributed by atoms with Crippen molar-refractivity contribution >= 4 is 11.5 Å². The Bertz CT molecular complexity index is 1230. The van der Waals surface area contributed by atoms with Gasteiger partial charge in [0.05, 0.1) is 6.61 Å². The second kappa shape index (κ2) is 10.5. The second-order valence-corrected chi connectivity index (χ2v) is 12.9. The summed E-state index contributed by atoms with van der Waals surface area (Å²) in [5, 5.41) is 13.1. The van der Waals surface area contributed by atoms with Crippen LogP contribution in [0.3, 0.4) is 0 Å². The van der Waals surface area contributed by atoms with Gasteiger partial charge in [0.25, 0.3) is 0 Å². The number of allylic oxidation sites excluding steroid dienone is 3. The molecule has 6 aliphatic rings. The van der Waals surface area contributed by atoms with Gasteiger partial charge in [-0.1, -0.05) is 42.0 Å². The quantitative estimate of drug-likeness (QED) is 0.271. The third kappa shape index (κ3) is 5.03. The lowest BCUT2D eigenvalue weighted by Gasteiger charge is -2.52. The molecule has 5 saturated carbocycles. The van der Waals surface area contributed by atoms with Crippen LogP contribution in [0.5, 0.6) is 11.5 Å². The standard InChI is InChI=1S/C35H41NO3/c37-30-9-5-25(6-10-30)33(34-28-17-23-15-24(19-28)20-29(34)18-23)26-7-11-31(12-8-26)39-14-2-1-13-36-35(38)32-21-22-3-4-27(32)16-22/h3-12,22-24,27-29,32,37H,1-2,13-21H2,(H,36,38). The van der Waals surface area contributed by atoms with Gasteiger partial charge in [0.1, 0.15) is 11.5 Å². The molecular weight excluding hydrogens is 482 g/mol. The maximum Gasteiger partial charge on any atom is 0.223 e. The van der Waals surface area contributed by atoms with E-state index in [4.69, 9.17) is 4.74 Å². The summed E-state index contributed by atoms with van der Waals surface area (Å²) in [6, 6.07) is 16.5. The van der Waals surface area contributed by atoms with Crippen LogP contribution in [0.1, 0.15) is 68.9 Å². The van der Waals surface area contributed by atoms with E-state index in [2.05, 4.69) is 53.9 Å². The number of unbranched alkanes of at least 4 members (excludes halogenated alkanes) is 1. The van der Waals surface area contributed by atoms with Crippen molar-refractivity contribution < 1.29 is 14.6 Å². The molecule has 204 valence electrons. The van der Waals surface area contributed by atoms with Gasteiger partial charge in [-0.15, -0.1) is 0 Å². The molecule has 0 aromatic heterocycles. The molecule has 3 unspecified atom stereocenters. The van der Waals surface area contributed by atoms with Gasteiger partial charge in [-0.25, -0.2) is 0 Å². The Morgan fingerprint density at radius 3 is 2.08 bits per heavy atom. The zero-order valence-corrected chi connectivity index (χ0v) is 22.9. The number of nitrogens with one attached hydrogen (secondary N) is 1. The average Bonchev–Trinajstić information content (AvgIpc) is 3.58. The van der Waals surface area contributed by atoms with Crippen LogP contribution < -0.4 is 10.1 Å². The number of rotatable bonds is 9. The van der Waals surface area contributed by atoms with Gasteiger partial charge >= 0.3 is 0 Å². The Morgan fingerprint density at radius 1 is 0.795 bits per heavy atom. The van der Waals surface area contributed by atoms with Gasteiger partial charge in [0.2, 0.25) is 5.91 Å². The largest absolute Gasteiger partial charge is 0.508 e. The van der Waals surface area contributed by atoms with Gasteiger partial charge < -0.3 is 15.2 Å². The number of hydrogen-bond acceptors (Lipinski definition) is 3. The van der Waals surface area contributed by atoms with Crippen molar-refractivity contribution in [3.63, 3.8) is 0 Å². The monoisotopic (exact) mass is 523 g/mol. The normalized spacial score (nSPS) is 31.6. The Morgan fingerprint density at radius 2 is 1.46 bits per heavy atom. The molecule has 0 radical (unpaired) electrons. The van der Waals surface area contributed by atoms with Crippen LogP contribution in [0, 0.1) is 41.4 Å². The van der Waals surface area contributed by atoms with Gasteiger partial charge in [0, 0.05) is 12.5 Å². The van der Waals surface area contributed by atoms with Crippen molar-refractivity contribution in [2.45, 2.75) is 57.8 Å². The molecule has 4 heteroatoms. The number of phenolic OH excluding ortho intramolecular Hbond substituents is 1. The van der Waals surface area contributed by atoms with Crippen LogP contribution >= 0.6 is 0 Å². The minimum absolute atomic E-state index is 0.190. The SMILES string of the molecule is O=C(NCCCCOc1ccc(C(=C2C3CC4CC(C3)CC2C4)c2ccc(O)cc2)cc1)C1CC2C=CC1C2. The smallest absolute Gasteiger partial charge is 0.223 e. The molecule has 1 amide bonds. The lowest BCUT2D eigenvalue weighted by molar-refractivity contribution is -0.125. The first-order valence-electron chi connectivity index (χ1n) is 15.3. The highest BCUT2D eigenvalue weighted by Gasteiger charge is 2.46. The first-order valence-corrected chi connectivity index (χ1v) is 15.3. The maximum absolute atomic E-state index is 12.5. The molecule has 6 bridgehead atoms. The molecule has 2 aromatic carbocycles. The number of ether oxygens (including phenoxy) is 1. The van der Waals surface area contributed by atoms with E-state index in [1.807, 2.05) is 12.1 Å². The van der Waals surface area contributed by atoms with Crippen molar-refractivity contribution in [2.24, 2.45) is 41.4 Å². The minimum atomic E-state index is 0.190. The highest BCUT2D eigenvalue weighted by atomic mass is 16.5. The number of carbonyl (C=O) groups excluding carboxylic acids is 1. The number of fused-ring (bicyclic) bond motifs is 2. The second-order valence-electron chi connectivity index (χ2n) is 12.9. The van der Waals surface area contributed by atoms with E-state index in [1.165, 1.54) is 55.2 Å². The topological polar surface area (TPSA) is 58.6 Å². The van der Waals surface area contributed by atoms with Gasteiger partial charge in [-0.3, -0.25) is 4.79 Å². The fourth-order valence-electron chi connectivity index (χ4n) is 8.79. The fraction of sp³-hybridized carbons (Fsp3) is 0.514. The molecule has 0 spiro atoms. The molecule has 0 saturated heterocycles. The first kappa shape index (κ1) is 25.0. The molecular formula is C35H41NO3. The number of aromatic hydroxyl groups is 1. The number of benzene rings is 2. The zero-order chi connectivity index (χ0) is 26.3. The molecule has 2 aromatic rings. The van der Waals surface area contributed by atoms with Crippen molar-refractivity contribution in [2.75, 3.05) is 13.2 Å². The molecule has 5 fully saturated rings. The highest BCUT2D eigenvalue weighted by molar-refractivity contribution is 5.83. The summed E-state index contributed by atoms with van der Waals surface area (Å²) in [6.45, 7) is 1.39. The lowest BCUT2D eigenvalue weighted by atomic mass is 9.53. The minimum Gasteiger partial charge on any atom is -0.508 e. The number of hydrogen-bond donors (Lipinski definition) is 2. The van der Waals surface area contributed by atoms with Gasteiger partial charge in [-0.2, -0.15) is 0 Å². The molecule has 39 heavy (non-hydrogen) atoms. The summed E-state index contributed by atoms with van der Waals surface area (Å²) in [6.07, 6.45) is 15.4. The molecule has 3 atom stereocenters. The molecule has 6 aliphatic carbocycles. The van der Waals surface area contributed by atoms with E-state index in [0.29, 0.717) is 36.0 Å². The third-order valence-corrected chi connectivity index (χ3v) is 10.4. The predicted molar refractivity (Wildman–Crippen MR) is 154 cm³/mol. The number of carbonyl (C=O) groups is 1. The van der Waals surface area contributed by atoms with Crippen LogP contribution in [-0.2, 0) is 4.79 Å². The Labute approximate surface area is 232 Å². The summed E-state index contributed by atoms with van der Waals surface area (Å²) in [7, 11) is 0. The van der Waals surface area contributed by atoms with Crippen LogP contribution in [0.4, 0.5) is 0 Å². The first-order chi connectivity index (χ1) is 19.1. The molecule has 0 aliphatic heterocycles. The Balaban J connectivity index is 0.974. The van der Waals surface area contributed by atoms with Crippen LogP contribution in [0.2, 0.25) is 0 Å². The number of amides is 1. The van der Waals surface area contributed by atoms with Gasteiger partial charge in [0.15, 0.2) is 0 Å². The summed E-state index contributed by atoms with van der Waals surface area (Å²) in [5.41, 5.74) is 5.53. The van der Waals surface area contributed by atoms with E-state index in [1.54, 1.807) is 5.57 Å². The molecule has 2 N–H and O–H groups in total. The highest BCUT2D eigenvalue weighted by Crippen LogP contribution is 2.58.